The Morgan fingerprint density at radius 1 is 1.00 bits per heavy atom. The van der Waals surface area contributed by atoms with Crippen LogP contribution in [-0.4, -0.2) is 60.8 Å². The van der Waals surface area contributed by atoms with Crippen LogP contribution in [0.15, 0.2) is 36.4 Å². The maximum absolute atomic E-state index is 12.5. The number of imide groups is 1. The van der Waals surface area contributed by atoms with E-state index in [4.69, 9.17) is 9.47 Å². The van der Waals surface area contributed by atoms with Gasteiger partial charge in [0, 0.05) is 13.6 Å². The molecule has 0 N–H and O–H groups in total. The average molecular weight is 453 g/mol. The van der Waals surface area contributed by atoms with Crippen LogP contribution in [0.1, 0.15) is 31.2 Å². The third-order valence-electron chi connectivity index (χ3n) is 6.53. The van der Waals surface area contributed by atoms with Crippen molar-refractivity contribution in [1.82, 2.24) is 9.80 Å². The van der Waals surface area contributed by atoms with E-state index < -0.39 is 19.1 Å². The summed E-state index contributed by atoms with van der Waals surface area (Å²) in [5, 5.41) is 2.06. The lowest BCUT2D eigenvalue weighted by molar-refractivity contribution is -0.156. The van der Waals surface area contributed by atoms with E-state index in [9.17, 15) is 19.2 Å². The number of hydrogen-bond donors (Lipinski definition) is 0. The van der Waals surface area contributed by atoms with Crippen LogP contribution < -0.4 is 4.74 Å². The summed E-state index contributed by atoms with van der Waals surface area (Å²) in [6.45, 7) is -0.524. The molecule has 4 rings (SSSR count). The van der Waals surface area contributed by atoms with Crippen LogP contribution in [0.5, 0.6) is 5.75 Å². The third kappa shape index (κ3) is 4.84. The summed E-state index contributed by atoms with van der Waals surface area (Å²) in [6, 6.07) is 11.7. The molecule has 0 unspecified atom stereocenters. The van der Waals surface area contributed by atoms with Crippen molar-refractivity contribution < 1.29 is 28.7 Å². The number of benzene rings is 2. The SMILES string of the molecule is COc1ccc2cc(CN(C)C(=O)COC(=O)CN3C(=O)[C@H]4CCCC[C@@H]4C3=O)ccc2c1. The first kappa shape index (κ1) is 22.8. The fraction of sp³-hybridized carbons (Fsp3) is 0.440. The fourth-order valence-corrected chi connectivity index (χ4v) is 4.67. The molecule has 1 saturated heterocycles. The van der Waals surface area contributed by atoms with E-state index in [1.165, 1.54) is 4.90 Å². The molecule has 2 aliphatic rings. The van der Waals surface area contributed by atoms with Gasteiger partial charge in [-0.3, -0.25) is 24.1 Å². The maximum atomic E-state index is 12.5. The van der Waals surface area contributed by atoms with E-state index in [-0.39, 0.29) is 29.6 Å². The van der Waals surface area contributed by atoms with Gasteiger partial charge >= 0.3 is 5.97 Å². The largest absolute Gasteiger partial charge is 0.497 e. The van der Waals surface area contributed by atoms with Crippen molar-refractivity contribution in [3.05, 3.63) is 42.0 Å². The number of nitrogens with zero attached hydrogens (tertiary/aromatic N) is 2. The molecule has 2 aromatic rings. The highest BCUT2D eigenvalue weighted by atomic mass is 16.5. The number of hydrogen-bond acceptors (Lipinski definition) is 6. The van der Waals surface area contributed by atoms with Crippen molar-refractivity contribution in [2.24, 2.45) is 11.8 Å². The van der Waals surface area contributed by atoms with Crippen molar-refractivity contribution >= 4 is 34.5 Å². The Hall–Kier alpha value is -3.42. The molecule has 0 radical (unpaired) electrons. The molecule has 8 nitrogen and oxygen atoms in total. The molecule has 0 aromatic heterocycles. The summed E-state index contributed by atoms with van der Waals surface area (Å²) in [4.78, 5) is 52.1. The highest BCUT2D eigenvalue weighted by Gasteiger charge is 2.48. The molecule has 0 spiro atoms. The molecule has 1 aliphatic carbocycles. The monoisotopic (exact) mass is 452 g/mol. The predicted molar refractivity (Wildman–Crippen MR) is 120 cm³/mol. The third-order valence-corrected chi connectivity index (χ3v) is 6.53. The molecule has 33 heavy (non-hydrogen) atoms. The zero-order chi connectivity index (χ0) is 23.5. The zero-order valence-electron chi connectivity index (χ0n) is 18.9. The van der Waals surface area contributed by atoms with Crippen LogP contribution >= 0.6 is 0 Å². The maximum Gasteiger partial charge on any atom is 0.326 e. The molecule has 2 atom stereocenters. The number of likely N-dealkylation sites (tertiary alicyclic amines) is 1. The number of rotatable bonds is 7. The molecule has 174 valence electrons. The van der Waals surface area contributed by atoms with Crippen LogP contribution in [0.3, 0.4) is 0 Å². The van der Waals surface area contributed by atoms with E-state index >= 15 is 0 Å². The molecular weight excluding hydrogens is 424 g/mol. The van der Waals surface area contributed by atoms with E-state index in [1.54, 1.807) is 14.2 Å². The standard InChI is InChI=1S/C25H28N2O6/c1-26(13-16-7-8-18-12-19(32-2)10-9-17(18)11-16)22(28)15-33-23(29)14-27-24(30)20-5-3-4-6-21(20)25(27)31/h7-12,20-21H,3-6,13-15H2,1-2H3/t20-,21-/m0/s1. The van der Waals surface area contributed by atoms with Gasteiger partial charge in [-0.1, -0.05) is 31.0 Å². The number of esters is 1. The van der Waals surface area contributed by atoms with Gasteiger partial charge in [0.15, 0.2) is 6.61 Å². The first-order chi connectivity index (χ1) is 15.9. The second-order valence-corrected chi connectivity index (χ2v) is 8.72. The van der Waals surface area contributed by atoms with Crippen LogP contribution in [0.25, 0.3) is 10.8 Å². The van der Waals surface area contributed by atoms with Gasteiger partial charge in [-0.05, 0) is 47.4 Å². The smallest absolute Gasteiger partial charge is 0.326 e. The molecule has 8 heteroatoms. The lowest BCUT2D eigenvalue weighted by atomic mass is 9.81. The van der Waals surface area contributed by atoms with Gasteiger partial charge in [-0.15, -0.1) is 0 Å². The van der Waals surface area contributed by atoms with Crippen LogP contribution in [-0.2, 0) is 30.5 Å². The fourth-order valence-electron chi connectivity index (χ4n) is 4.67. The van der Waals surface area contributed by atoms with Gasteiger partial charge < -0.3 is 14.4 Å². The number of methoxy groups -OCH3 is 1. The minimum Gasteiger partial charge on any atom is -0.497 e. The van der Waals surface area contributed by atoms with Gasteiger partial charge in [0.05, 0.1) is 18.9 Å². The number of likely N-dealkylation sites (N-methyl/N-ethyl adjacent to an activating group) is 1. The highest BCUT2D eigenvalue weighted by Crippen LogP contribution is 2.37. The summed E-state index contributed by atoms with van der Waals surface area (Å²) >= 11 is 0. The first-order valence-corrected chi connectivity index (χ1v) is 11.2. The molecule has 1 saturated carbocycles. The summed E-state index contributed by atoms with van der Waals surface area (Å²) < 4.78 is 10.3. The molecular formula is C25H28N2O6. The summed E-state index contributed by atoms with van der Waals surface area (Å²) in [5.74, 6) is -1.55. The number of fused-ring (bicyclic) bond motifs is 2. The Labute approximate surface area is 192 Å². The first-order valence-electron chi connectivity index (χ1n) is 11.2. The molecule has 3 amide bonds. The molecule has 2 fully saturated rings. The number of amides is 3. The topological polar surface area (TPSA) is 93.2 Å². The van der Waals surface area contributed by atoms with Crippen LogP contribution in [0.4, 0.5) is 0 Å². The Morgan fingerprint density at radius 3 is 2.30 bits per heavy atom. The van der Waals surface area contributed by atoms with Gasteiger partial charge in [0.25, 0.3) is 5.91 Å². The molecule has 0 bridgehead atoms. The van der Waals surface area contributed by atoms with Crippen LogP contribution in [0, 0.1) is 11.8 Å². The molecule has 1 aliphatic heterocycles. The average Bonchev–Trinajstić information content (AvgIpc) is 3.07. The zero-order valence-corrected chi connectivity index (χ0v) is 18.9. The van der Waals surface area contributed by atoms with Crippen molar-refractivity contribution in [1.29, 1.82) is 0 Å². The van der Waals surface area contributed by atoms with E-state index in [2.05, 4.69) is 0 Å². The van der Waals surface area contributed by atoms with Gasteiger partial charge in [-0.25, -0.2) is 0 Å². The van der Waals surface area contributed by atoms with Gasteiger partial charge in [-0.2, -0.15) is 0 Å². The van der Waals surface area contributed by atoms with Gasteiger partial charge in [0.2, 0.25) is 11.8 Å². The second kappa shape index (κ2) is 9.60. The lowest BCUT2D eigenvalue weighted by Gasteiger charge is -2.19. The summed E-state index contributed by atoms with van der Waals surface area (Å²) in [7, 11) is 3.25. The number of ether oxygens (including phenoxy) is 2. The predicted octanol–water partition coefficient (Wildman–Crippen LogP) is 2.53. The van der Waals surface area contributed by atoms with Gasteiger partial charge in [0.1, 0.15) is 12.3 Å². The molecule has 1 heterocycles. The Morgan fingerprint density at radius 2 is 1.64 bits per heavy atom. The quantitative estimate of drug-likeness (QED) is 0.473. The number of carbonyl (C=O) groups excluding carboxylic acids is 4. The van der Waals surface area contributed by atoms with Crippen molar-refractivity contribution in [3.8, 4) is 5.75 Å². The minimum atomic E-state index is -0.753. The van der Waals surface area contributed by atoms with E-state index in [0.29, 0.717) is 19.4 Å². The highest BCUT2D eigenvalue weighted by molar-refractivity contribution is 6.07. The Bertz CT molecular complexity index is 1070. The summed E-state index contributed by atoms with van der Waals surface area (Å²) in [5.41, 5.74) is 0.936. The van der Waals surface area contributed by atoms with E-state index in [1.807, 2.05) is 36.4 Å². The Balaban J connectivity index is 1.28. The second-order valence-electron chi connectivity index (χ2n) is 8.72. The number of carbonyl (C=O) groups is 4. The summed E-state index contributed by atoms with van der Waals surface area (Å²) in [6.07, 6.45) is 3.22. The minimum absolute atomic E-state index is 0.293. The lowest BCUT2D eigenvalue weighted by Crippen LogP contribution is -2.38. The molecule has 2 aromatic carbocycles. The Kier molecular flexibility index (Phi) is 6.62. The van der Waals surface area contributed by atoms with Crippen LogP contribution in [0.2, 0.25) is 0 Å². The van der Waals surface area contributed by atoms with Crippen molar-refractivity contribution in [2.45, 2.75) is 32.2 Å². The van der Waals surface area contributed by atoms with Crippen molar-refractivity contribution in [2.75, 3.05) is 27.3 Å². The normalized spacial score (nSPS) is 20.0. The van der Waals surface area contributed by atoms with Crippen molar-refractivity contribution in [3.63, 3.8) is 0 Å². The van der Waals surface area contributed by atoms with E-state index in [0.717, 1.165) is 39.8 Å².